The maximum absolute atomic E-state index is 4.53. The van der Waals surface area contributed by atoms with Gasteiger partial charge in [-0.2, -0.15) is 0 Å². The predicted octanol–water partition coefficient (Wildman–Crippen LogP) is 6.11. The molecule has 0 aliphatic carbocycles. The van der Waals surface area contributed by atoms with Gasteiger partial charge in [0.05, 0.1) is 11.9 Å². The monoisotopic (exact) mass is 347 g/mol. The molecule has 0 spiro atoms. The maximum Gasteiger partial charge on any atom is 0.114 e. The molecule has 0 bridgehead atoms. The molecule has 0 radical (unpaired) electrons. The molecule has 0 unspecified atom stereocenters. The van der Waals surface area contributed by atoms with Crippen molar-refractivity contribution in [3.8, 4) is 16.9 Å². The van der Waals surface area contributed by atoms with E-state index in [0.29, 0.717) is 11.8 Å². The fraction of sp³-hybridized carbons (Fsp3) is 0.391. The van der Waals surface area contributed by atoms with Gasteiger partial charge >= 0.3 is 0 Å². The average molecular weight is 348 g/mol. The third kappa shape index (κ3) is 3.31. The number of benzene rings is 2. The van der Waals surface area contributed by atoms with Gasteiger partial charge in [0.1, 0.15) is 5.69 Å². The number of para-hydroxylation sites is 1. The molecular formula is C23H29N3. The number of rotatable bonds is 4. The van der Waals surface area contributed by atoms with Crippen LogP contribution < -0.4 is 0 Å². The van der Waals surface area contributed by atoms with Crippen molar-refractivity contribution in [3.63, 3.8) is 0 Å². The highest BCUT2D eigenvalue weighted by molar-refractivity contribution is 5.68. The van der Waals surface area contributed by atoms with Crippen LogP contribution in [-0.2, 0) is 0 Å². The van der Waals surface area contributed by atoms with Gasteiger partial charge in [0, 0.05) is 5.56 Å². The molecule has 2 aromatic carbocycles. The Labute approximate surface area is 157 Å². The summed E-state index contributed by atoms with van der Waals surface area (Å²) in [7, 11) is 0. The standard InChI is InChI=1S/C23H29N3/c1-14(2)19-9-8-10-20(15(3)4)23(19)26-13-21(24-25-26)22-17(6)11-16(5)12-18(22)7/h8-15H,1-7H3. The zero-order valence-electron chi connectivity index (χ0n) is 17.0. The molecule has 0 fully saturated rings. The Morgan fingerprint density at radius 1 is 0.846 bits per heavy atom. The second-order valence-corrected chi connectivity index (χ2v) is 7.92. The smallest absolute Gasteiger partial charge is 0.114 e. The van der Waals surface area contributed by atoms with Gasteiger partial charge in [-0.15, -0.1) is 5.10 Å². The first-order chi connectivity index (χ1) is 12.3. The molecule has 1 aromatic heterocycles. The summed E-state index contributed by atoms with van der Waals surface area (Å²) in [6.45, 7) is 15.4. The Morgan fingerprint density at radius 3 is 1.88 bits per heavy atom. The molecule has 3 heteroatoms. The molecule has 26 heavy (non-hydrogen) atoms. The zero-order chi connectivity index (χ0) is 19.0. The fourth-order valence-corrected chi connectivity index (χ4v) is 3.85. The minimum absolute atomic E-state index is 0.430. The van der Waals surface area contributed by atoms with Crippen LogP contribution in [0.15, 0.2) is 36.5 Å². The molecular weight excluding hydrogens is 318 g/mol. The van der Waals surface area contributed by atoms with Gasteiger partial charge in [0.2, 0.25) is 0 Å². The highest BCUT2D eigenvalue weighted by atomic mass is 15.4. The summed E-state index contributed by atoms with van der Waals surface area (Å²) in [4.78, 5) is 0. The van der Waals surface area contributed by atoms with Crippen molar-refractivity contribution < 1.29 is 0 Å². The lowest BCUT2D eigenvalue weighted by Gasteiger charge is -2.18. The molecule has 0 saturated carbocycles. The fourth-order valence-electron chi connectivity index (χ4n) is 3.85. The second kappa shape index (κ2) is 7.06. The SMILES string of the molecule is Cc1cc(C)c(-c2cn(-c3c(C(C)C)cccc3C(C)C)nn2)c(C)c1. The van der Waals surface area contributed by atoms with E-state index in [0.717, 1.165) is 5.69 Å². The lowest BCUT2D eigenvalue weighted by Crippen LogP contribution is -2.07. The maximum atomic E-state index is 4.53. The summed E-state index contributed by atoms with van der Waals surface area (Å²) in [5.41, 5.74) is 9.70. The van der Waals surface area contributed by atoms with E-state index in [1.54, 1.807) is 0 Å². The first-order valence-corrected chi connectivity index (χ1v) is 9.43. The molecule has 0 aliphatic heterocycles. The quantitative estimate of drug-likeness (QED) is 0.570. The number of nitrogens with zero attached hydrogens (tertiary/aromatic N) is 3. The lowest BCUT2D eigenvalue weighted by molar-refractivity contribution is 0.742. The number of hydrogen-bond donors (Lipinski definition) is 0. The van der Waals surface area contributed by atoms with Crippen molar-refractivity contribution >= 4 is 0 Å². The predicted molar refractivity (Wildman–Crippen MR) is 109 cm³/mol. The molecule has 3 aromatic rings. The van der Waals surface area contributed by atoms with Crippen LogP contribution in [0.2, 0.25) is 0 Å². The Kier molecular flexibility index (Phi) is 4.99. The van der Waals surface area contributed by atoms with Crippen molar-refractivity contribution in [2.24, 2.45) is 0 Å². The van der Waals surface area contributed by atoms with Gasteiger partial charge in [0.15, 0.2) is 0 Å². The van der Waals surface area contributed by atoms with Crippen LogP contribution >= 0.6 is 0 Å². The third-order valence-electron chi connectivity index (χ3n) is 5.00. The second-order valence-electron chi connectivity index (χ2n) is 7.92. The van der Waals surface area contributed by atoms with E-state index in [4.69, 9.17) is 0 Å². The molecule has 0 saturated heterocycles. The summed E-state index contributed by atoms with van der Waals surface area (Å²) >= 11 is 0. The Hall–Kier alpha value is -2.42. The first-order valence-electron chi connectivity index (χ1n) is 9.43. The van der Waals surface area contributed by atoms with Gasteiger partial charge in [-0.1, -0.05) is 68.8 Å². The average Bonchev–Trinajstić information content (AvgIpc) is 3.02. The van der Waals surface area contributed by atoms with E-state index in [2.05, 4.69) is 95.3 Å². The Bertz CT molecular complexity index is 883. The summed E-state index contributed by atoms with van der Waals surface area (Å²) in [5, 5.41) is 9.05. The number of hydrogen-bond acceptors (Lipinski definition) is 2. The zero-order valence-corrected chi connectivity index (χ0v) is 17.0. The summed E-state index contributed by atoms with van der Waals surface area (Å²) in [6, 6.07) is 11.0. The molecule has 1 heterocycles. The highest BCUT2D eigenvalue weighted by Crippen LogP contribution is 2.32. The summed E-state index contributed by atoms with van der Waals surface area (Å²) in [5.74, 6) is 0.860. The third-order valence-corrected chi connectivity index (χ3v) is 5.00. The van der Waals surface area contributed by atoms with E-state index in [9.17, 15) is 0 Å². The Balaban J connectivity index is 2.18. The van der Waals surface area contributed by atoms with Crippen molar-refractivity contribution in [2.75, 3.05) is 0 Å². The van der Waals surface area contributed by atoms with E-state index < -0.39 is 0 Å². The number of aryl methyl sites for hydroxylation is 3. The van der Waals surface area contributed by atoms with Crippen LogP contribution in [0.1, 0.15) is 67.3 Å². The molecule has 0 amide bonds. The van der Waals surface area contributed by atoms with Gasteiger partial charge in [-0.05, 0) is 54.9 Å². The molecule has 136 valence electrons. The number of aromatic nitrogens is 3. The summed E-state index contributed by atoms with van der Waals surface area (Å²) < 4.78 is 1.97. The molecule has 3 nitrogen and oxygen atoms in total. The van der Waals surface area contributed by atoms with Crippen molar-refractivity contribution in [2.45, 2.75) is 60.3 Å². The highest BCUT2D eigenvalue weighted by Gasteiger charge is 2.18. The molecule has 3 rings (SSSR count). The molecule has 0 N–H and O–H groups in total. The van der Waals surface area contributed by atoms with Crippen LogP contribution in [0, 0.1) is 20.8 Å². The van der Waals surface area contributed by atoms with Gasteiger partial charge in [-0.25, -0.2) is 4.68 Å². The van der Waals surface area contributed by atoms with Gasteiger partial charge < -0.3 is 0 Å². The Morgan fingerprint density at radius 2 is 1.38 bits per heavy atom. The van der Waals surface area contributed by atoms with Crippen molar-refractivity contribution in [1.82, 2.24) is 15.0 Å². The van der Waals surface area contributed by atoms with E-state index in [-0.39, 0.29) is 0 Å². The molecule has 0 atom stereocenters. The van der Waals surface area contributed by atoms with Crippen LogP contribution in [0.25, 0.3) is 16.9 Å². The van der Waals surface area contributed by atoms with Crippen LogP contribution in [0.4, 0.5) is 0 Å². The van der Waals surface area contributed by atoms with Crippen LogP contribution in [0.3, 0.4) is 0 Å². The van der Waals surface area contributed by atoms with Crippen LogP contribution in [0.5, 0.6) is 0 Å². The van der Waals surface area contributed by atoms with E-state index in [1.165, 1.54) is 39.1 Å². The van der Waals surface area contributed by atoms with Gasteiger partial charge in [-0.3, -0.25) is 0 Å². The minimum atomic E-state index is 0.430. The van der Waals surface area contributed by atoms with E-state index in [1.807, 2.05) is 4.68 Å². The largest absolute Gasteiger partial charge is 0.220 e. The normalized spacial score (nSPS) is 11.6. The van der Waals surface area contributed by atoms with Crippen LogP contribution in [-0.4, -0.2) is 15.0 Å². The molecule has 0 aliphatic rings. The summed E-state index contributed by atoms with van der Waals surface area (Å²) in [6.07, 6.45) is 2.08. The van der Waals surface area contributed by atoms with Gasteiger partial charge in [0.25, 0.3) is 0 Å². The minimum Gasteiger partial charge on any atom is -0.220 e. The van der Waals surface area contributed by atoms with Crippen molar-refractivity contribution in [3.05, 3.63) is 64.3 Å². The topological polar surface area (TPSA) is 30.7 Å². The first kappa shape index (κ1) is 18.4. The van der Waals surface area contributed by atoms with E-state index >= 15 is 0 Å². The lowest BCUT2D eigenvalue weighted by atomic mass is 9.92. The van der Waals surface area contributed by atoms with Crippen molar-refractivity contribution in [1.29, 1.82) is 0 Å².